The second-order valence-corrected chi connectivity index (χ2v) is 7.75. The predicted octanol–water partition coefficient (Wildman–Crippen LogP) is 1.98. The van der Waals surface area contributed by atoms with Crippen molar-refractivity contribution in [3.8, 4) is 0 Å². The number of benzene rings is 1. The average Bonchev–Trinajstić information content (AvgIpc) is 3.08. The number of esters is 2. The van der Waals surface area contributed by atoms with E-state index < -0.39 is 22.0 Å². The highest BCUT2D eigenvalue weighted by atomic mass is 32.2. The molecule has 0 saturated carbocycles. The van der Waals surface area contributed by atoms with Gasteiger partial charge in [0.1, 0.15) is 12.4 Å². The smallest absolute Gasteiger partial charge is 0.373 e. The fourth-order valence-corrected chi connectivity index (χ4v) is 3.00. The second kappa shape index (κ2) is 7.71. The lowest BCUT2D eigenvalue weighted by Crippen LogP contribution is -2.22. The van der Waals surface area contributed by atoms with Crippen LogP contribution in [0.4, 0.5) is 0 Å². The Kier molecular flexibility index (Phi) is 5.83. The van der Waals surface area contributed by atoms with Gasteiger partial charge in [-0.3, -0.25) is 0 Å². The largest absolute Gasteiger partial charge is 0.463 e. The van der Waals surface area contributed by atoms with Crippen molar-refractivity contribution in [1.82, 2.24) is 4.31 Å². The minimum Gasteiger partial charge on any atom is -0.463 e. The van der Waals surface area contributed by atoms with Crippen molar-refractivity contribution < 1.29 is 31.9 Å². The van der Waals surface area contributed by atoms with E-state index >= 15 is 0 Å². The van der Waals surface area contributed by atoms with Crippen molar-refractivity contribution >= 4 is 22.0 Å². The number of carbonyl (C=O) groups excluding carboxylic acids is 2. The maximum Gasteiger partial charge on any atom is 0.373 e. The monoisotopic (exact) mass is 381 g/mol. The van der Waals surface area contributed by atoms with Gasteiger partial charge >= 0.3 is 11.9 Å². The van der Waals surface area contributed by atoms with E-state index in [0.29, 0.717) is 5.56 Å². The standard InChI is InChI=1S/C17H19NO7S/c1-11-5-7-13(26(21,22)18(2)3)9-14(11)16(19)24-10-12-6-8-15(25-12)17(20)23-4/h5-9H,10H2,1-4H3. The minimum atomic E-state index is -3.67. The topological polar surface area (TPSA) is 103 Å². The van der Waals surface area contributed by atoms with Crippen LogP contribution in [0, 0.1) is 6.92 Å². The van der Waals surface area contributed by atoms with Gasteiger partial charge in [0.05, 0.1) is 17.6 Å². The molecule has 0 amide bonds. The molecule has 0 spiro atoms. The lowest BCUT2D eigenvalue weighted by Gasteiger charge is -2.13. The van der Waals surface area contributed by atoms with Crippen LogP contribution in [-0.4, -0.2) is 45.9 Å². The minimum absolute atomic E-state index is 0.00574. The Hall–Kier alpha value is -2.65. The maximum absolute atomic E-state index is 12.3. The number of nitrogens with zero attached hydrogens (tertiary/aromatic N) is 1. The van der Waals surface area contributed by atoms with Gasteiger partial charge < -0.3 is 13.9 Å². The first kappa shape index (κ1) is 19.7. The number of carbonyl (C=O) groups is 2. The highest BCUT2D eigenvalue weighted by Crippen LogP contribution is 2.19. The van der Waals surface area contributed by atoms with Crippen molar-refractivity contribution in [3.05, 3.63) is 53.0 Å². The van der Waals surface area contributed by atoms with Crippen molar-refractivity contribution in [2.24, 2.45) is 0 Å². The molecule has 0 atom stereocenters. The lowest BCUT2D eigenvalue weighted by molar-refractivity contribution is 0.0437. The molecule has 0 aliphatic heterocycles. The van der Waals surface area contributed by atoms with E-state index in [9.17, 15) is 18.0 Å². The molecule has 1 aromatic carbocycles. The lowest BCUT2D eigenvalue weighted by atomic mass is 10.1. The average molecular weight is 381 g/mol. The van der Waals surface area contributed by atoms with E-state index in [2.05, 4.69) is 4.74 Å². The number of hydrogen-bond donors (Lipinski definition) is 0. The van der Waals surface area contributed by atoms with Crippen molar-refractivity contribution in [1.29, 1.82) is 0 Å². The van der Waals surface area contributed by atoms with Gasteiger partial charge in [-0.1, -0.05) is 6.07 Å². The Morgan fingerprint density at radius 3 is 2.42 bits per heavy atom. The molecule has 0 bridgehead atoms. The molecule has 0 N–H and O–H groups in total. The molecule has 0 aliphatic rings. The van der Waals surface area contributed by atoms with E-state index in [1.54, 1.807) is 6.92 Å². The molecule has 0 unspecified atom stereocenters. The van der Waals surface area contributed by atoms with Crippen LogP contribution in [0.25, 0.3) is 0 Å². The van der Waals surface area contributed by atoms with E-state index in [-0.39, 0.29) is 28.6 Å². The van der Waals surface area contributed by atoms with Crippen LogP contribution in [0.5, 0.6) is 0 Å². The highest BCUT2D eigenvalue weighted by molar-refractivity contribution is 7.89. The van der Waals surface area contributed by atoms with Gasteiger partial charge in [-0.15, -0.1) is 0 Å². The van der Waals surface area contributed by atoms with Gasteiger partial charge in [-0.25, -0.2) is 22.3 Å². The molecule has 2 rings (SSSR count). The molecule has 26 heavy (non-hydrogen) atoms. The van der Waals surface area contributed by atoms with E-state index in [1.165, 1.54) is 51.5 Å². The molecule has 0 fully saturated rings. The van der Waals surface area contributed by atoms with Gasteiger partial charge in [0.15, 0.2) is 0 Å². The zero-order chi connectivity index (χ0) is 19.5. The van der Waals surface area contributed by atoms with Crippen LogP contribution in [0.3, 0.4) is 0 Å². The third-order valence-corrected chi connectivity index (χ3v) is 5.41. The Balaban J connectivity index is 2.17. The van der Waals surface area contributed by atoms with Gasteiger partial charge in [0.25, 0.3) is 0 Å². The molecule has 9 heteroatoms. The number of hydrogen-bond acceptors (Lipinski definition) is 7. The summed E-state index contributed by atoms with van der Waals surface area (Å²) in [5.74, 6) is -1.09. The van der Waals surface area contributed by atoms with Crippen LogP contribution in [0.2, 0.25) is 0 Å². The Bertz CT molecular complexity index is 928. The molecule has 8 nitrogen and oxygen atoms in total. The molecule has 0 radical (unpaired) electrons. The summed E-state index contributed by atoms with van der Waals surface area (Å²) < 4.78 is 40.4. The van der Waals surface area contributed by atoms with Crippen LogP contribution in [0.1, 0.15) is 32.2 Å². The Morgan fingerprint density at radius 1 is 1.12 bits per heavy atom. The number of aryl methyl sites for hydroxylation is 1. The molecular weight excluding hydrogens is 362 g/mol. The summed E-state index contributed by atoms with van der Waals surface area (Å²) in [7, 11) is 0.366. The summed E-state index contributed by atoms with van der Waals surface area (Å²) in [5.41, 5.74) is 0.704. The molecule has 2 aromatic rings. The van der Waals surface area contributed by atoms with Gasteiger partial charge in [-0.05, 0) is 36.8 Å². The van der Waals surface area contributed by atoms with Crippen molar-refractivity contribution in [2.75, 3.05) is 21.2 Å². The molecular formula is C17H19NO7S. The van der Waals surface area contributed by atoms with Crippen molar-refractivity contribution in [3.63, 3.8) is 0 Å². The number of methoxy groups -OCH3 is 1. The SMILES string of the molecule is COC(=O)c1ccc(COC(=O)c2cc(S(=O)(=O)N(C)C)ccc2C)o1. The fourth-order valence-electron chi connectivity index (χ4n) is 2.07. The molecule has 1 heterocycles. The summed E-state index contributed by atoms with van der Waals surface area (Å²) in [6.07, 6.45) is 0. The molecule has 1 aromatic heterocycles. The maximum atomic E-state index is 12.3. The zero-order valence-electron chi connectivity index (χ0n) is 14.8. The number of rotatable bonds is 6. The van der Waals surface area contributed by atoms with Gasteiger partial charge in [0, 0.05) is 14.1 Å². The first-order valence-corrected chi connectivity index (χ1v) is 8.98. The first-order valence-electron chi connectivity index (χ1n) is 7.54. The number of ether oxygens (including phenoxy) is 2. The van der Waals surface area contributed by atoms with E-state index in [4.69, 9.17) is 9.15 Å². The van der Waals surface area contributed by atoms with Crippen LogP contribution in [0.15, 0.2) is 39.6 Å². The number of sulfonamides is 1. The predicted molar refractivity (Wildman–Crippen MR) is 91.2 cm³/mol. The summed E-state index contributed by atoms with van der Waals surface area (Å²) in [5, 5.41) is 0. The van der Waals surface area contributed by atoms with Crippen LogP contribution in [-0.2, 0) is 26.1 Å². The second-order valence-electron chi connectivity index (χ2n) is 5.60. The van der Waals surface area contributed by atoms with E-state index in [1.807, 2.05) is 0 Å². The molecule has 0 saturated heterocycles. The van der Waals surface area contributed by atoms with Crippen LogP contribution >= 0.6 is 0 Å². The van der Waals surface area contributed by atoms with Gasteiger partial charge in [0.2, 0.25) is 15.8 Å². The summed E-state index contributed by atoms with van der Waals surface area (Å²) in [6.45, 7) is 1.46. The van der Waals surface area contributed by atoms with Crippen LogP contribution < -0.4 is 0 Å². The molecule has 140 valence electrons. The third-order valence-electron chi connectivity index (χ3n) is 3.60. The van der Waals surface area contributed by atoms with E-state index in [0.717, 1.165) is 4.31 Å². The van der Waals surface area contributed by atoms with Crippen molar-refractivity contribution in [2.45, 2.75) is 18.4 Å². The number of furan rings is 1. The fraction of sp³-hybridized carbons (Fsp3) is 0.294. The first-order chi connectivity index (χ1) is 12.2. The summed E-state index contributed by atoms with van der Waals surface area (Å²) in [6, 6.07) is 7.13. The van der Waals surface area contributed by atoms with Gasteiger partial charge in [-0.2, -0.15) is 0 Å². The normalized spacial score (nSPS) is 11.4. The third kappa shape index (κ3) is 4.12. The quantitative estimate of drug-likeness (QED) is 0.705. The summed E-state index contributed by atoms with van der Waals surface area (Å²) in [4.78, 5) is 23.6. The highest BCUT2D eigenvalue weighted by Gasteiger charge is 2.21. The summed E-state index contributed by atoms with van der Waals surface area (Å²) >= 11 is 0. The molecule has 0 aliphatic carbocycles. The Morgan fingerprint density at radius 2 is 1.81 bits per heavy atom. The zero-order valence-corrected chi connectivity index (χ0v) is 15.6. The Labute approximate surface area is 151 Å².